The highest BCUT2D eigenvalue weighted by Gasteiger charge is 2.21. The van der Waals surface area contributed by atoms with Gasteiger partial charge < -0.3 is 15.0 Å². The average Bonchev–Trinajstić information content (AvgIpc) is 2.15. The van der Waals surface area contributed by atoms with Crippen LogP contribution in [-0.2, 0) is 0 Å². The van der Waals surface area contributed by atoms with Gasteiger partial charge in [-0.05, 0) is 34.1 Å². The lowest BCUT2D eigenvalue weighted by molar-refractivity contribution is 0.411. The molecule has 15 heavy (non-hydrogen) atoms. The second-order valence-electron chi connectivity index (χ2n) is 3.74. The summed E-state index contributed by atoms with van der Waals surface area (Å²) in [4.78, 5) is 2.29. The number of rotatable bonds is 3. The predicted molar refractivity (Wildman–Crippen MR) is 65.8 cm³/mol. The van der Waals surface area contributed by atoms with Crippen LogP contribution in [0.25, 0.3) is 0 Å². The maximum atomic E-state index is 5.20. The third-order valence-electron chi connectivity index (χ3n) is 2.85. The van der Waals surface area contributed by atoms with Crippen LogP contribution in [0.1, 0.15) is 0 Å². The predicted octanol–water partition coefficient (Wildman–Crippen LogP) is 1.87. The van der Waals surface area contributed by atoms with Gasteiger partial charge in [0.2, 0.25) is 0 Å². The van der Waals surface area contributed by atoms with E-state index in [2.05, 4.69) is 45.3 Å². The Kier molecular flexibility index (Phi) is 3.17. The fourth-order valence-corrected chi connectivity index (χ4v) is 2.16. The van der Waals surface area contributed by atoms with Gasteiger partial charge in [-0.3, -0.25) is 0 Å². The average molecular weight is 271 g/mol. The van der Waals surface area contributed by atoms with E-state index >= 15 is 0 Å². The monoisotopic (exact) mass is 270 g/mol. The van der Waals surface area contributed by atoms with Crippen LogP contribution in [0.15, 0.2) is 22.7 Å². The maximum absolute atomic E-state index is 5.20. The van der Waals surface area contributed by atoms with Gasteiger partial charge in [-0.1, -0.05) is 0 Å². The highest BCUT2D eigenvalue weighted by molar-refractivity contribution is 9.10. The third kappa shape index (κ3) is 2.11. The summed E-state index contributed by atoms with van der Waals surface area (Å²) in [6.07, 6.45) is 0. The Labute approximate surface area is 98.5 Å². The SMILES string of the molecule is COc1ccc(N(C)C2CNC2)cc1Br. The fourth-order valence-electron chi connectivity index (χ4n) is 1.63. The second-order valence-corrected chi connectivity index (χ2v) is 4.60. The Morgan fingerprint density at radius 3 is 2.67 bits per heavy atom. The Balaban J connectivity index is 2.17. The largest absolute Gasteiger partial charge is 0.496 e. The van der Waals surface area contributed by atoms with Gasteiger partial charge in [-0.2, -0.15) is 0 Å². The van der Waals surface area contributed by atoms with E-state index in [1.54, 1.807) is 7.11 Å². The number of nitrogens with zero attached hydrogens (tertiary/aromatic N) is 1. The molecule has 0 spiro atoms. The van der Waals surface area contributed by atoms with Crippen molar-refractivity contribution in [3.05, 3.63) is 22.7 Å². The Bertz CT molecular complexity index is 352. The smallest absolute Gasteiger partial charge is 0.133 e. The van der Waals surface area contributed by atoms with Gasteiger partial charge in [0, 0.05) is 25.8 Å². The summed E-state index contributed by atoms with van der Waals surface area (Å²) < 4.78 is 6.20. The molecule has 1 saturated heterocycles. The van der Waals surface area contributed by atoms with Crippen molar-refractivity contribution >= 4 is 21.6 Å². The van der Waals surface area contributed by atoms with E-state index < -0.39 is 0 Å². The summed E-state index contributed by atoms with van der Waals surface area (Å²) in [7, 11) is 3.80. The Hall–Kier alpha value is -0.740. The topological polar surface area (TPSA) is 24.5 Å². The Morgan fingerprint density at radius 1 is 1.47 bits per heavy atom. The van der Waals surface area contributed by atoms with Gasteiger partial charge in [0.1, 0.15) is 5.75 Å². The van der Waals surface area contributed by atoms with E-state index in [9.17, 15) is 0 Å². The lowest BCUT2D eigenvalue weighted by Crippen LogP contribution is -2.56. The van der Waals surface area contributed by atoms with Crippen LogP contribution in [0, 0.1) is 0 Å². The van der Waals surface area contributed by atoms with E-state index in [4.69, 9.17) is 4.74 Å². The lowest BCUT2D eigenvalue weighted by atomic mass is 10.1. The van der Waals surface area contributed by atoms with Crippen molar-refractivity contribution in [1.82, 2.24) is 5.32 Å². The minimum absolute atomic E-state index is 0.616. The van der Waals surface area contributed by atoms with Crippen LogP contribution in [0.2, 0.25) is 0 Å². The molecule has 1 aromatic rings. The number of likely N-dealkylation sites (N-methyl/N-ethyl adjacent to an activating group) is 1. The summed E-state index contributed by atoms with van der Waals surface area (Å²) in [5.74, 6) is 0.874. The zero-order valence-electron chi connectivity index (χ0n) is 8.96. The first-order valence-corrected chi connectivity index (χ1v) is 5.79. The van der Waals surface area contributed by atoms with Gasteiger partial charge in [0.15, 0.2) is 0 Å². The molecule has 0 saturated carbocycles. The first-order valence-electron chi connectivity index (χ1n) is 4.99. The maximum Gasteiger partial charge on any atom is 0.133 e. The van der Waals surface area contributed by atoms with Crippen LogP contribution in [0.4, 0.5) is 5.69 Å². The van der Waals surface area contributed by atoms with E-state index in [1.807, 2.05) is 6.07 Å². The van der Waals surface area contributed by atoms with Gasteiger partial charge in [0.05, 0.1) is 17.6 Å². The molecule has 0 bridgehead atoms. The first-order chi connectivity index (χ1) is 7.22. The molecule has 82 valence electrons. The summed E-state index contributed by atoms with van der Waals surface area (Å²) in [5.41, 5.74) is 1.22. The normalized spacial score (nSPS) is 15.9. The first kappa shape index (κ1) is 10.8. The van der Waals surface area contributed by atoms with Gasteiger partial charge >= 0.3 is 0 Å². The van der Waals surface area contributed by atoms with Gasteiger partial charge in [-0.15, -0.1) is 0 Å². The number of benzene rings is 1. The molecule has 3 nitrogen and oxygen atoms in total. The number of nitrogens with one attached hydrogen (secondary N) is 1. The zero-order chi connectivity index (χ0) is 10.8. The van der Waals surface area contributed by atoms with Crippen molar-refractivity contribution in [3.63, 3.8) is 0 Å². The summed E-state index contributed by atoms with van der Waals surface area (Å²) in [5, 5.41) is 3.27. The molecular formula is C11H15BrN2O. The van der Waals surface area contributed by atoms with Crippen LogP contribution < -0.4 is 15.0 Å². The molecule has 1 heterocycles. The second kappa shape index (κ2) is 4.41. The Morgan fingerprint density at radius 2 is 2.20 bits per heavy atom. The molecule has 4 heteroatoms. The van der Waals surface area contributed by atoms with Crippen molar-refractivity contribution in [1.29, 1.82) is 0 Å². The zero-order valence-corrected chi connectivity index (χ0v) is 10.5. The van der Waals surface area contributed by atoms with Crippen molar-refractivity contribution in [3.8, 4) is 5.75 Å². The van der Waals surface area contributed by atoms with Crippen LogP contribution in [0.5, 0.6) is 5.75 Å². The molecule has 1 N–H and O–H groups in total. The number of halogens is 1. The van der Waals surface area contributed by atoms with Crippen molar-refractivity contribution in [2.45, 2.75) is 6.04 Å². The van der Waals surface area contributed by atoms with E-state index in [0.29, 0.717) is 6.04 Å². The number of hydrogen-bond acceptors (Lipinski definition) is 3. The van der Waals surface area contributed by atoms with Crippen LogP contribution in [0.3, 0.4) is 0 Å². The van der Waals surface area contributed by atoms with Crippen LogP contribution in [-0.4, -0.2) is 33.3 Å². The molecule has 0 aromatic heterocycles. The standard InChI is InChI=1S/C11H15BrN2O/c1-14(9-6-13-7-9)8-3-4-11(15-2)10(12)5-8/h3-5,9,13H,6-7H2,1-2H3. The summed E-state index contributed by atoms with van der Waals surface area (Å²) in [6.45, 7) is 2.14. The minimum Gasteiger partial charge on any atom is -0.496 e. The molecular weight excluding hydrogens is 256 g/mol. The molecule has 0 atom stereocenters. The van der Waals surface area contributed by atoms with E-state index in [1.165, 1.54) is 5.69 Å². The number of hydrogen-bond donors (Lipinski definition) is 1. The number of ether oxygens (including phenoxy) is 1. The molecule has 0 aliphatic carbocycles. The third-order valence-corrected chi connectivity index (χ3v) is 3.47. The quantitative estimate of drug-likeness (QED) is 0.908. The van der Waals surface area contributed by atoms with E-state index in [0.717, 1.165) is 23.3 Å². The summed E-state index contributed by atoms with van der Waals surface area (Å²) in [6, 6.07) is 6.78. The highest BCUT2D eigenvalue weighted by Crippen LogP contribution is 2.30. The van der Waals surface area contributed by atoms with Crippen molar-refractivity contribution in [2.75, 3.05) is 32.1 Å². The fraction of sp³-hybridized carbons (Fsp3) is 0.455. The number of methoxy groups -OCH3 is 1. The minimum atomic E-state index is 0.616. The van der Waals surface area contributed by atoms with Crippen molar-refractivity contribution in [2.24, 2.45) is 0 Å². The molecule has 1 aliphatic rings. The molecule has 1 fully saturated rings. The van der Waals surface area contributed by atoms with E-state index in [-0.39, 0.29) is 0 Å². The molecule has 0 unspecified atom stereocenters. The highest BCUT2D eigenvalue weighted by atomic mass is 79.9. The lowest BCUT2D eigenvalue weighted by Gasteiger charge is -2.37. The summed E-state index contributed by atoms with van der Waals surface area (Å²) >= 11 is 3.50. The molecule has 1 aromatic carbocycles. The number of anilines is 1. The molecule has 0 radical (unpaired) electrons. The molecule has 2 rings (SSSR count). The van der Waals surface area contributed by atoms with Crippen molar-refractivity contribution < 1.29 is 4.74 Å². The van der Waals surface area contributed by atoms with Crippen LogP contribution >= 0.6 is 15.9 Å². The van der Waals surface area contributed by atoms with Gasteiger partial charge in [0.25, 0.3) is 0 Å². The molecule has 1 aliphatic heterocycles. The van der Waals surface area contributed by atoms with Gasteiger partial charge in [-0.25, -0.2) is 0 Å². The molecule has 0 amide bonds.